The molecule has 0 unspecified atom stereocenters. The largest absolute Gasteiger partial charge is 0.339 e. The highest BCUT2D eigenvalue weighted by atomic mass is 19.1. The number of hydrogen-bond donors (Lipinski definition) is 2. The molecule has 0 aliphatic heterocycles. The zero-order valence-corrected chi connectivity index (χ0v) is 15.6. The molecule has 0 bridgehead atoms. The van der Waals surface area contributed by atoms with Gasteiger partial charge in [0.15, 0.2) is 5.82 Å². The Bertz CT molecular complexity index is 1200. The van der Waals surface area contributed by atoms with Gasteiger partial charge in [-0.05, 0) is 60.7 Å². The molecule has 5 nitrogen and oxygen atoms in total. The molecule has 3 aromatic carbocycles. The summed E-state index contributed by atoms with van der Waals surface area (Å²) in [6, 6.07) is 22.0. The Morgan fingerprint density at radius 2 is 1.47 bits per heavy atom. The predicted molar refractivity (Wildman–Crippen MR) is 112 cm³/mol. The minimum atomic E-state index is -0.427. The molecule has 1 heterocycles. The van der Waals surface area contributed by atoms with Crippen LogP contribution >= 0.6 is 0 Å². The van der Waals surface area contributed by atoms with Crippen molar-refractivity contribution in [3.05, 3.63) is 102 Å². The zero-order chi connectivity index (χ0) is 20.9. The second-order valence-corrected chi connectivity index (χ2v) is 6.48. The van der Waals surface area contributed by atoms with Crippen molar-refractivity contribution in [1.29, 1.82) is 0 Å². The number of nitrogens with one attached hydrogen (secondary N) is 2. The summed E-state index contributed by atoms with van der Waals surface area (Å²) in [4.78, 5) is 12.4. The number of aromatic nitrogens is 2. The summed E-state index contributed by atoms with van der Waals surface area (Å²) in [5.41, 5.74) is 2.58. The number of hydrogen-bond acceptors (Lipinski definition) is 4. The van der Waals surface area contributed by atoms with Crippen molar-refractivity contribution in [2.24, 2.45) is 0 Å². The molecule has 1 amide bonds. The predicted octanol–water partition coefficient (Wildman–Crippen LogP) is 5.42. The summed E-state index contributed by atoms with van der Waals surface area (Å²) < 4.78 is 26.7. The summed E-state index contributed by atoms with van der Waals surface area (Å²) in [7, 11) is 0. The van der Waals surface area contributed by atoms with Gasteiger partial charge < -0.3 is 10.6 Å². The van der Waals surface area contributed by atoms with E-state index in [-0.39, 0.29) is 11.7 Å². The monoisotopic (exact) mass is 402 g/mol. The zero-order valence-electron chi connectivity index (χ0n) is 15.6. The normalized spacial score (nSPS) is 10.5. The Morgan fingerprint density at radius 3 is 2.20 bits per heavy atom. The number of carbonyl (C=O) groups excluding carboxylic acids is 1. The number of amides is 1. The van der Waals surface area contributed by atoms with Crippen LogP contribution in [-0.2, 0) is 0 Å². The minimum Gasteiger partial charge on any atom is -0.339 e. The third kappa shape index (κ3) is 4.64. The van der Waals surface area contributed by atoms with Crippen molar-refractivity contribution >= 4 is 23.1 Å². The molecule has 4 aromatic rings. The first-order chi connectivity index (χ1) is 14.6. The molecule has 30 heavy (non-hydrogen) atoms. The first-order valence-electron chi connectivity index (χ1n) is 9.10. The van der Waals surface area contributed by atoms with E-state index in [4.69, 9.17) is 0 Å². The summed E-state index contributed by atoms with van der Waals surface area (Å²) in [5, 5.41) is 13.9. The van der Waals surface area contributed by atoms with Crippen LogP contribution in [0, 0.1) is 11.6 Å². The van der Waals surface area contributed by atoms with E-state index in [1.807, 2.05) is 0 Å². The maximum Gasteiger partial charge on any atom is 0.255 e. The van der Waals surface area contributed by atoms with Gasteiger partial charge in [-0.2, -0.15) is 0 Å². The summed E-state index contributed by atoms with van der Waals surface area (Å²) in [6.07, 6.45) is 0. The minimum absolute atomic E-state index is 0.343. The van der Waals surface area contributed by atoms with Crippen molar-refractivity contribution < 1.29 is 13.6 Å². The van der Waals surface area contributed by atoms with Crippen molar-refractivity contribution in [3.63, 3.8) is 0 Å². The fourth-order valence-corrected chi connectivity index (χ4v) is 2.86. The van der Waals surface area contributed by atoms with Crippen molar-refractivity contribution in [2.75, 3.05) is 10.6 Å². The van der Waals surface area contributed by atoms with E-state index in [0.717, 1.165) is 0 Å². The molecule has 2 N–H and O–H groups in total. The third-order valence-electron chi connectivity index (χ3n) is 4.26. The second kappa shape index (κ2) is 8.48. The molecule has 0 fully saturated rings. The van der Waals surface area contributed by atoms with Crippen LogP contribution in [0.25, 0.3) is 11.3 Å². The van der Waals surface area contributed by atoms with Gasteiger partial charge in [0.2, 0.25) is 0 Å². The Morgan fingerprint density at radius 1 is 0.733 bits per heavy atom. The number of benzene rings is 3. The van der Waals surface area contributed by atoms with E-state index in [0.29, 0.717) is 34.0 Å². The molecule has 0 saturated heterocycles. The molecule has 0 aliphatic carbocycles. The maximum absolute atomic E-state index is 13.4. The Balaban J connectivity index is 1.47. The second-order valence-electron chi connectivity index (χ2n) is 6.48. The molecule has 0 saturated carbocycles. The molecule has 0 radical (unpaired) electrons. The van der Waals surface area contributed by atoms with Crippen LogP contribution < -0.4 is 10.6 Å². The lowest BCUT2D eigenvalue weighted by Crippen LogP contribution is -2.12. The molecule has 4 rings (SSSR count). The van der Waals surface area contributed by atoms with E-state index in [1.165, 1.54) is 30.3 Å². The van der Waals surface area contributed by atoms with Crippen LogP contribution in [0.3, 0.4) is 0 Å². The van der Waals surface area contributed by atoms with Crippen LogP contribution in [0.2, 0.25) is 0 Å². The van der Waals surface area contributed by atoms with Gasteiger partial charge in [0.25, 0.3) is 5.91 Å². The van der Waals surface area contributed by atoms with E-state index in [1.54, 1.807) is 54.6 Å². The van der Waals surface area contributed by atoms with E-state index in [2.05, 4.69) is 20.8 Å². The number of anilines is 3. The van der Waals surface area contributed by atoms with Gasteiger partial charge in [-0.25, -0.2) is 8.78 Å². The van der Waals surface area contributed by atoms with Gasteiger partial charge in [0.1, 0.15) is 11.6 Å². The lowest BCUT2D eigenvalue weighted by Gasteiger charge is -2.09. The van der Waals surface area contributed by atoms with Gasteiger partial charge in [0, 0.05) is 22.5 Å². The van der Waals surface area contributed by atoms with Gasteiger partial charge in [-0.15, -0.1) is 10.2 Å². The van der Waals surface area contributed by atoms with Crippen molar-refractivity contribution in [3.8, 4) is 11.3 Å². The maximum atomic E-state index is 13.4. The van der Waals surface area contributed by atoms with Crippen LogP contribution in [0.1, 0.15) is 10.4 Å². The molecule has 0 atom stereocenters. The van der Waals surface area contributed by atoms with Gasteiger partial charge in [-0.1, -0.05) is 24.3 Å². The van der Waals surface area contributed by atoms with Crippen molar-refractivity contribution in [2.45, 2.75) is 0 Å². The Hall–Kier alpha value is -4.13. The van der Waals surface area contributed by atoms with E-state index >= 15 is 0 Å². The number of rotatable bonds is 5. The quantitative estimate of drug-likeness (QED) is 0.468. The highest BCUT2D eigenvalue weighted by molar-refractivity contribution is 6.04. The summed E-state index contributed by atoms with van der Waals surface area (Å²) in [5.74, 6) is -0.664. The average molecular weight is 402 g/mol. The van der Waals surface area contributed by atoms with Crippen LogP contribution in [0.15, 0.2) is 84.9 Å². The van der Waals surface area contributed by atoms with Gasteiger partial charge in [-0.3, -0.25) is 4.79 Å². The number of halogens is 2. The fourth-order valence-electron chi connectivity index (χ4n) is 2.86. The van der Waals surface area contributed by atoms with Crippen LogP contribution in [0.5, 0.6) is 0 Å². The first kappa shape index (κ1) is 19.2. The average Bonchev–Trinajstić information content (AvgIpc) is 2.74. The molecular formula is C23H16F2N4O. The van der Waals surface area contributed by atoms with E-state index in [9.17, 15) is 13.6 Å². The molecular weight excluding hydrogens is 386 g/mol. The standard InChI is InChI=1S/C23H16F2N4O/c24-17-6-1-4-15(12-17)21-10-11-22(29-28-21)26-19-8-2-5-16(13-19)23(30)27-20-9-3-7-18(25)14-20/h1-14H,(H,26,29)(H,27,30). The summed E-state index contributed by atoms with van der Waals surface area (Å²) in [6.45, 7) is 0. The molecule has 1 aromatic heterocycles. The molecule has 0 spiro atoms. The SMILES string of the molecule is O=C(Nc1cccc(F)c1)c1cccc(Nc2ccc(-c3cccc(F)c3)nn2)c1. The smallest absolute Gasteiger partial charge is 0.255 e. The molecule has 0 aliphatic rings. The summed E-state index contributed by atoms with van der Waals surface area (Å²) >= 11 is 0. The highest BCUT2D eigenvalue weighted by Crippen LogP contribution is 2.21. The lowest BCUT2D eigenvalue weighted by atomic mass is 10.1. The third-order valence-corrected chi connectivity index (χ3v) is 4.26. The van der Waals surface area contributed by atoms with Crippen LogP contribution in [-0.4, -0.2) is 16.1 Å². The number of nitrogens with zero attached hydrogens (tertiary/aromatic N) is 2. The van der Waals surface area contributed by atoms with E-state index < -0.39 is 5.82 Å². The van der Waals surface area contributed by atoms with Crippen molar-refractivity contribution in [1.82, 2.24) is 10.2 Å². The first-order valence-corrected chi connectivity index (χ1v) is 9.10. The Labute approximate surface area is 171 Å². The molecule has 148 valence electrons. The Kier molecular flexibility index (Phi) is 5.43. The molecule has 7 heteroatoms. The topological polar surface area (TPSA) is 66.9 Å². The lowest BCUT2D eigenvalue weighted by molar-refractivity contribution is 0.102. The fraction of sp³-hybridized carbons (Fsp3) is 0. The van der Waals surface area contributed by atoms with Crippen LogP contribution in [0.4, 0.5) is 26.0 Å². The highest BCUT2D eigenvalue weighted by Gasteiger charge is 2.08. The number of carbonyl (C=O) groups is 1. The van der Waals surface area contributed by atoms with Gasteiger partial charge >= 0.3 is 0 Å². The van der Waals surface area contributed by atoms with Gasteiger partial charge in [0.05, 0.1) is 5.69 Å².